The molecule has 0 aromatic heterocycles. The van der Waals surface area contributed by atoms with E-state index in [0.29, 0.717) is 12.8 Å². The van der Waals surface area contributed by atoms with Gasteiger partial charge in [0.2, 0.25) is 0 Å². The zero-order valence-electron chi connectivity index (χ0n) is 7.93. The molecule has 0 bridgehead atoms. The van der Waals surface area contributed by atoms with Crippen LogP contribution in [0.3, 0.4) is 0 Å². The van der Waals surface area contributed by atoms with Gasteiger partial charge < -0.3 is 10.2 Å². The Bertz CT molecular complexity index is 331. The summed E-state index contributed by atoms with van der Waals surface area (Å²) in [6.07, 6.45) is 4.13. The Labute approximate surface area is 83.5 Å². The van der Waals surface area contributed by atoms with Crippen LogP contribution in [0.2, 0.25) is 0 Å². The summed E-state index contributed by atoms with van der Waals surface area (Å²) in [6, 6.07) is 9.35. The minimum Gasteiger partial charge on any atom is -0.389 e. The number of hydrogen-bond donors (Lipinski definition) is 2. The minimum absolute atomic E-state index is 0.484. The fourth-order valence-electron chi connectivity index (χ4n) is 1.86. The van der Waals surface area contributed by atoms with E-state index >= 15 is 0 Å². The van der Waals surface area contributed by atoms with Crippen LogP contribution in [0.5, 0.6) is 0 Å². The Morgan fingerprint density at radius 3 is 2.50 bits per heavy atom. The van der Waals surface area contributed by atoms with Crippen molar-refractivity contribution in [2.24, 2.45) is 0 Å². The fourth-order valence-corrected chi connectivity index (χ4v) is 1.86. The second kappa shape index (κ2) is 3.56. The molecule has 0 amide bonds. The van der Waals surface area contributed by atoms with Gasteiger partial charge in [0.05, 0.1) is 6.10 Å². The Kier molecular flexibility index (Phi) is 2.40. The third-order valence-corrected chi connectivity index (χ3v) is 2.78. The first-order chi connectivity index (χ1) is 6.73. The summed E-state index contributed by atoms with van der Waals surface area (Å²) < 4.78 is 0. The molecule has 2 atom stereocenters. The van der Waals surface area contributed by atoms with Gasteiger partial charge in [0.1, 0.15) is 5.60 Å². The lowest BCUT2D eigenvalue weighted by Gasteiger charge is -2.34. The zero-order chi connectivity index (χ0) is 10.0. The van der Waals surface area contributed by atoms with Gasteiger partial charge in [-0.3, -0.25) is 0 Å². The number of aliphatic hydroxyl groups is 2. The van der Waals surface area contributed by atoms with Crippen LogP contribution in [0, 0.1) is 0 Å². The van der Waals surface area contributed by atoms with Crippen molar-refractivity contribution in [3.05, 3.63) is 48.0 Å². The van der Waals surface area contributed by atoms with E-state index in [9.17, 15) is 10.2 Å². The number of rotatable bonds is 1. The van der Waals surface area contributed by atoms with Crippen molar-refractivity contribution in [3.8, 4) is 0 Å². The highest BCUT2D eigenvalue weighted by molar-refractivity contribution is 5.26. The normalized spacial score (nSPS) is 31.7. The quantitative estimate of drug-likeness (QED) is 0.660. The molecule has 0 saturated heterocycles. The van der Waals surface area contributed by atoms with Crippen LogP contribution in [0.4, 0.5) is 0 Å². The molecule has 0 aliphatic heterocycles. The zero-order valence-corrected chi connectivity index (χ0v) is 7.93. The van der Waals surface area contributed by atoms with Crippen LogP contribution < -0.4 is 0 Å². The summed E-state index contributed by atoms with van der Waals surface area (Å²) in [4.78, 5) is 0. The van der Waals surface area contributed by atoms with E-state index in [1.165, 1.54) is 0 Å². The van der Waals surface area contributed by atoms with E-state index in [1.54, 1.807) is 0 Å². The van der Waals surface area contributed by atoms with Crippen LogP contribution in [-0.2, 0) is 5.60 Å². The molecule has 2 N–H and O–H groups in total. The predicted molar refractivity (Wildman–Crippen MR) is 54.7 cm³/mol. The van der Waals surface area contributed by atoms with Crippen molar-refractivity contribution < 1.29 is 10.2 Å². The standard InChI is InChI=1S/C12H14O2/c13-11-8-4-5-9-12(11,14)10-6-2-1-3-7-10/h1-7,11,13-14H,8-9H2/t11-,12+/m1/s1. The lowest BCUT2D eigenvalue weighted by atomic mass is 9.81. The molecule has 0 saturated carbocycles. The Hall–Kier alpha value is -1.12. The largest absolute Gasteiger partial charge is 0.389 e. The van der Waals surface area contributed by atoms with Crippen molar-refractivity contribution in [2.45, 2.75) is 24.5 Å². The molecule has 1 aromatic rings. The van der Waals surface area contributed by atoms with E-state index in [-0.39, 0.29) is 0 Å². The lowest BCUT2D eigenvalue weighted by molar-refractivity contribution is -0.0809. The third kappa shape index (κ3) is 1.47. The molecule has 74 valence electrons. The maximum absolute atomic E-state index is 10.3. The van der Waals surface area contributed by atoms with Crippen LogP contribution in [0.1, 0.15) is 18.4 Å². The average Bonchev–Trinajstić information content (AvgIpc) is 2.24. The first-order valence-electron chi connectivity index (χ1n) is 4.84. The van der Waals surface area contributed by atoms with Crippen LogP contribution >= 0.6 is 0 Å². The summed E-state index contributed by atoms with van der Waals surface area (Å²) in [6.45, 7) is 0. The highest BCUT2D eigenvalue weighted by Crippen LogP contribution is 2.33. The van der Waals surface area contributed by atoms with E-state index in [4.69, 9.17) is 0 Å². The average molecular weight is 190 g/mol. The molecular formula is C12H14O2. The molecule has 1 aliphatic rings. The van der Waals surface area contributed by atoms with E-state index < -0.39 is 11.7 Å². The van der Waals surface area contributed by atoms with Gasteiger partial charge in [-0.1, -0.05) is 42.5 Å². The van der Waals surface area contributed by atoms with Crippen LogP contribution in [0.25, 0.3) is 0 Å². The molecule has 0 unspecified atom stereocenters. The minimum atomic E-state index is -1.10. The second-order valence-corrected chi connectivity index (χ2v) is 3.72. The Morgan fingerprint density at radius 2 is 1.86 bits per heavy atom. The van der Waals surface area contributed by atoms with Gasteiger partial charge in [0.25, 0.3) is 0 Å². The lowest BCUT2D eigenvalue weighted by Crippen LogP contribution is -2.40. The third-order valence-electron chi connectivity index (χ3n) is 2.78. The molecule has 2 rings (SSSR count). The van der Waals surface area contributed by atoms with Gasteiger partial charge >= 0.3 is 0 Å². The SMILES string of the molecule is O[C@@H]1CC=CC[C@]1(O)c1ccccc1. The summed E-state index contributed by atoms with van der Waals surface area (Å²) >= 11 is 0. The number of aliphatic hydroxyl groups excluding tert-OH is 1. The summed E-state index contributed by atoms with van der Waals surface area (Å²) in [5.74, 6) is 0. The molecule has 0 radical (unpaired) electrons. The van der Waals surface area contributed by atoms with Crippen LogP contribution in [-0.4, -0.2) is 16.3 Å². The number of hydrogen-bond acceptors (Lipinski definition) is 2. The molecular weight excluding hydrogens is 176 g/mol. The van der Waals surface area contributed by atoms with Crippen molar-refractivity contribution in [1.82, 2.24) is 0 Å². The first kappa shape index (κ1) is 9.44. The van der Waals surface area contributed by atoms with Gasteiger partial charge in [-0.05, 0) is 12.0 Å². The Balaban J connectivity index is 2.36. The number of benzene rings is 1. The molecule has 1 aromatic carbocycles. The molecule has 0 heterocycles. The summed E-state index contributed by atoms with van der Waals surface area (Å²) in [5, 5.41) is 20.1. The molecule has 2 heteroatoms. The molecule has 0 spiro atoms. The molecule has 0 fully saturated rings. The molecule has 1 aliphatic carbocycles. The van der Waals surface area contributed by atoms with Gasteiger partial charge in [0.15, 0.2) is 0 Å². The first-order valence-corrected chi connectivity index (χ1v) is 4.84. The maximum Gasteiger partial charge on any atom is 0.119 e. The smallest absolute Gasteiger partial charge is 0.119 e. The van der Waals surface area contributed by atoms with Crippen molar-refractivity contribution in [3.63, 3.8) is 0 Å². The van der Waals surface area contributed by atoms with Gasteiger partial charge in [-0.2, -0.15) is 0 Å². The van der Waals surface area contributed by atoms with E-state index in [2.05, 4.69) is 0 Å². The maximum atomic E-state index is 10.3. The Morgan fingerprint density at radius 1 is 1.14 bits per heavy atom. The van der Waals surface area contributed by atoms with Crippen molar-refractivity contribution in [2.75, 3.05) is 0 Å². The second-order valence-electron chi connectivity index (χ2n) is 3.72. The fraction of sp³-hybridized carbons (Fsp3) is 0.333. The van der Waals surface area contributed by atoms with Crippen LogP contribution in [0.15, 0.2) is 42.5 Å². The summed E-state index contributed by atoms with van der Waals surface area (Å²) in [5.41, 5.74) is -0.312. The highest BCUT2D eigenvalue weighted by Gasteiger charge is 2.37. The van der Waals surface area contributed by atoms with Gasteiger partial charge in [-0.25, -0.2) is 0 Å². The predicted octanol–water partition coefficient (Wildman–Crippen LogP) is 1.59. The van der Waals surface area contributed by atoms with E-state index in [1.807, 2.05) is 42.5 Å². The van der Waals surface area contributed by atoms with E-state index in [0.717, 1.165) is 5.56 Å². The highest BCUT2D eigenvalue weighted by atomic mass is 16.3. The van der Waals surface area contributed by atoms with Gasteiger partial charge in [0, 0.05) is 6.42 Å². The monoisotopic (exact) mass is 190 g/mol. The van der Waals surface area contributed by atoms with Gasteiger partial charge in [-0.15, -0.1) is 0 Å². The molecule has 2 nitrogen and oxygen atoms in total. The van der Waals surface area contributed by atoms with Crippen molar-refractivity contribution >= 4 is 0 Å². The topological polar surface area (TPSA) is 40.5 Å². The van der Waals surface area contributed by atoms with Crippen molar-refractivity contribution in [1.29, 1.82) is 0 Å². The summed E-state index contributed by atoms with van der Waals surface area (Å²) in [7, 11) is 0. The molecule has 14 heavy (non-hydrogen) atoms.